The number of carbonyl (C=O) groups excluding carboxylic acids is 2. The molecule has 3 rings (SSSR count). The van der Waals surface area contributed by atoms with E-state index in [1.54, 1.807) is 25.3 Å². The molecule has 24 heavy (non-hydrogen) atoms. The second-order valence-corrected chi connectivity index (χ2v) is 5.88. The van der Waals surface area contributed by atoms with Crippen LogP contribution in [0.5, 0.6) is 5.75 Å². The van der Waals surface area contributed by atoms with E-state index in [2.05, 4.69) is 10.6 Å². The first-order valence-electron chi connectivity index (χ1n) is 7.98. The van der Waals surface area contributed by atoms with E-state index >= 15 is 0 Å². The Labute approximate surface area is 141 Å². The van der Waals surface area contributed by atoms with Crippen molar-refractivity contribution in [3.8, 4) is 5.75 Å². The van der Waals surface area contributed by atoms with Crippen molar-refractivity contribution < 1.29 is 14.3 Å². The van der Waals surface area contributed by atoms with Gasteiger partial charge in [-0.05, 0) is 42.7 Å². The van der Waals surface area contributed by atoms with Crippen LogP contribution in [0.2, 0.25) is 0 Å². The Kier molecular flexibility index (Phi) is 4.79. The number of rotatable bonds is 6. The van der Waals surface area contributed by atoms with E-state index in [1.165, 1.54) is 0 Å². The predicted molar refractivity (Wildman–Crippen MR) is 92.0 cm³/mol. The molecule has 0 radical (unpaired) electrons. The van der Waals surface area contributed by atoms with E-state index in [-0.39, 0.29) is 17.7 Å². The maximum absolute atomic E-state index is 12.3. The molecule has 1 saturated carbocycles. The summed E-state index contributed by atoms with van der Waals surface area (Å²) in [6, 6.07) is 14.4. The Morgan fingerprint density at radius 2 is 1.88 bits per heavy atom. The van der Waals surface area contributed by atoms with E-state index in [1.807, 2.05) is 30.3 Å². The highest BCUT2D eigenvalue weighted by Gasteiger charge is 2.29. The van der Waals surface area contributed by atoms with Crippen LogP contribution in [0.15, 0.2) is 48.5 Å². The SMILES string of the molecule is COc1cccc(NC(=O)c2ccc(CNC(=O)C3CC3)cc2)c1. The number of amides is 2. The zero-order valence-corrected chi connectivity index (χ0v) is 13.5. The smallest absolute Gasteiger partial charge is 0.255 e. The molecular weight excluding hydrogens is 304 g/mol. The average molecular weight is 324 g/mol. The average Bonchev–Trinajstić information content (AvgIpc) is 3.45. The van der Waals surface area contributed by atoms with Gasteiger partial charge in [0.25, 0.3) is 5.91 Å². The summed E-state index contributed by atoms with van der Waals surface area (Å²) in [6.07, 6.45) is 1.99. The van der Waals surface area contributed by atoms with Crippen LogP contribution in [0.4, 0.5) is 5.69 Å². The lowest BCUT2D eigenvalue weighted by Gasteiger charge is -2.08. The molecular formula is C19H20N2O3. The van der Waals surface area contributed by atoms with Gasteiger partial charge in [-0.1, -0.05) is 18.2 Å². The van der Waals surface area contributed by atoms with Crippen molar-refractivity contribution in [3.63, 3.8) is 0 Å². The fraction of sp³-hybridized carbons (Fsp3) is 0.263. The summed E-state index contributed by atoms with van der Waals surface area (Å²) in [6.45, 7) is 0.493. The lowest BCUT2D eigenvalue weighted by Crippen LogP contribution is -2.24. The molecule has 1 aliphatic rings. The minimum Gasteiger partial charge on any atom is -0.497 e. The normalized spacial score (nSPS) is 13.2. The molecule has 2 aromatic carbocycles. The lowest BCUT2D eigenvalue weighted by atomic mass is 10.1. The number of hydrogen-bond donors (Lipinski definition) is 2. The first kappa shape index (κ1) is 16.1. The van der Waals surface area contributed by atoms with Crippen molar-refractivity contribution in [1.82, 2.24) is 5.32 Å². The molecule has 0 spiro atoms. The van der Waals surface area contributed by atoms with Gasteiger partial charge in [-0.15, -0.1) is 0 Å². The van der Waals surface area contributed by atoms with E-state index in [0.29, 0.717) is 23.5 Å². The third-order valence-electron chi connectivity index (χ3n) is 3.96. The molecule has 0 aliphatic heterocycles. The number of anilines is 1. The Hall–Kier alpha value is -2.82. The van der Waals surface area contributed by atoms with Gasteiger partial charge in [-0.3, -0.25) is 9.59 Å². The van der Waals surface area contributed by atoms with Crippen LogP contribution in [0.1, 0.15) is 28.8 Å². The minimum atomic E-state index is -0.184. The highest BCUT2D eigenvalue weighted by Crippen LogP contribution is 2.28. The second-order valence-electron chi connectivity index (χ2n) is 5.88. The van der Waals surface area contributed by atoms with E-state index in [4.69, 9.17) is 4.74 Å². The third kappa shape index (κ3) is 4.13. The van der Waals surface area contributed by atoms with Crippen molar-refractivity contribution >= 4 is 17.5 Å². The summed E-state index contributed by atoms with van der Waals surface area (Å²) in [7, 11) is 1.58. The quantitative estimate of drug-likeness (QED) is 0.858. The highest BCUT2D eigenvalue weighted by molar-refractivity contribution is 6.04. The van der Waals surface area contributed by atoms with E-state index in [9.17, 15) is 9.59 Å². The maximum Gasteiger partial charge on any atom is 0.255 e. The van der Waals surface area contributed by atoms with Crippen LogP contribution < -0.4 is 15.4 Å². The second kappa shape index (κ2) is 7.17. The first-order chi connectivity index (χ1) is 11.7. The molecule has 0 atom stereocenters. The molecule has 2 N–H and O–H groups in total. The maximum atomic E-state index is 12.3. The molecule has 0 heterocycles. The van der Waals surface area contributed by atoms with Crippen LogP contribution >= 0.6 is 0 Å². The minimum absolute atomic E-state index is 0.120. The van der Waals surface area contributed by atoms with Crippen molar-refractivity contribution in [2.24, 2.45) is 5.92 Å². The summed E-state index contributed by atoms with van der Waals surface area (Å²) in [5.74, 6) is 0.833. The first-order valence-corrected chi connectivity index (χ1v) is 7.98. The Balaban J connectivity index is 1.57. The number of nitrogens with one attached hydrogen (secondary N) is 2. The number of ether oxygens (including phenoxy) is 1. The van der Waals surface area contributed by atoms with Crippen molar-refractivity contribution in [3.05, 3.63) is 59.7 Å². The molecule has 124 valence electrons. The molecule has 1 aliphatic carbocycles. The molecule has 0 aromatic heterocycles. The number of benzene rings is 2. The summed E-state index contributed by atoms with van der Waals surface area (Å²) in [5, 5.41) is 5.75. The van der Waals surface area contributed by atoms with Gasteiger partial charge in [0.2, 0.25) is 5.91 Å². The summed E-state index contributed by atoms with van der Waals surface area (Å²) >= 11 is 0. The molecule has 2 amide bonds. The molecule has 0 unspecified atom stereocenters. The van der Waals surface area contributed by atoms with Gasteiger partial charge in [0, 0.05) is 29.8 Å². The topological polar surface area (TPSA) is 67.4 Å². The standard InChI is InChI=1S/C19H20N2O3/c1-24-17-4-2-3-16(11-17)21-19(23)15-7-5-13(6-8-15)12-20-18(22)14-9-10-14/h2-8,11,14H,9-10,12H2,1H3,(H,20,22)(H,21,23). The van der Waals surface area contributed by atoms with Gasteiger partial charge in [0.05, 0.1) is 7.11 Å². The van der Waals surface area contributed by atoms with Gasteiger partial charge in [-0.2, -0.15) is 0 Å². The van der Waals surface area contributed by atoms with Crippen molar-refractivity contribution in [1.29, 1.82) is 0 Å². The number of methoxy groups -OCH3 is 1. The fourth-order valence-electron chi connectivity index (χ4n) is 2.36. The Morgan fingerprint density at radius 3 is 2.54 bits per heavy atom. The van der Waals surface area contributed by atoms with E-state index in [0.717, 1.165) is 18.4 Å². The molecule has 2 aromatic rings. The van der Waals surface area contributed by atoms with Crippen LogP contribution in [-0.2, 0) is 11.3 Å². The van der Waals surface area contributed by atoms with E-state index < -0.39 is 0 Å². The number of hydrogen-bond acceptors (Lipinski definition) is 3. The van der Waals surface area contributed by atoms with Crippen molar-refractivity contribution in [2.45, 2.75) is 19.4 Å². The third-order valence-corrected chi connectivity index (χ3v) is 3.96. The van der Waals surface area contributed by atoms with Gasteiger partial charge in [0.15, 0.2) is 0 Å². The van der Waals surface area contributed by atoms with Crippen LogP contribution in [0.25, 0.3) is 0 Å². The Bertz CT molecular complexity index is 737. The zero-order valence-electron chi connectivity index (χ0n) is 13.5. The summed E-state index contributed by atoms with van der Waals surface area (Å²) in [5.41, 5.74) is 2.22. The zero-order chi connectivity index (χ0) is 16.9. The largest absolute Gasteiger partial charge is 0.497 e. The van der Waals surface area contributed by atoms with Crippen molar-refractivity contribution in [2.75, 3.05) is 12.4 Å². The van der Waals surface area contributed by atoms with Gasteiger partial charge in [-0.25, -0.2) is 0 Å². The fourth-order valence-corrected chi connectivity index (χ4v) is 2.36. The monoisotopic (exact) mass is 324 g/mol. The molecule has 5 heteroatoms. The van der Waals surface area contributed by atoms with Gasteiger partial charge in [0.1, 0.15) is 5.75 Å². The number of carbonyl (C=O) groups is 2. The summed E-state index contributed by atoms with van der Waals surface area (Å²) in [4.78, 5) is 23.9. The predicted octanol–water partition coefficient (Wildman–Crippen LogP) is 2.97. The van der Waals surface area contributed by atoms with Crippen LogP contribution in [-0.4, -0.2) is 18.9 Å². The molecule has 0 bridgehead atoms. The molecule has 0 saturated heterocycles. The van der Waals surface area contributed by atoms with Crippen LogP contribution in [0.3, 0.4) is 0 Å². The van der Waals surface area contributed by atoms with Gasteiger partial charge >= 0.3 is 0 Å². The van der Waals surface area contributed by atoms with Crippen LogP contribution in [0, 0.1) is 5.92 Å². The molecule has 5 nitrogen and oxygen atoms in total. The van der Waals surface area contributed by atoms with Gasteiger partial charge < -0.3 is 15.4 Å². The highest BCUT2D eigenvalue weighted by atomic mass is 16.5. The summed E-state index contributed by atoms with van der Waals surface area (Å²) < 4.78 is 5.14. The lowest BCUT2D eigenvalue weighted by molar-refractivity contribution is -0.122. The Morgan fingerprint density at radius 1 is 1.12 bits per heavy atom. The molecule has 1 fully saturated rings.